The Kier molecular flexibility index (Phi) is 6.45. The highest BCUT2D eigenvalue weighted by atomic mass is 19.1. The largest absolute Gasteiger partial charge is 0.480 e. The number of amides is 1. The Morgan fingerprint density at radius 3 is 2.75 bits per heavy atom. The fourth-order valence-corrected chi connectivity index (χ4v) is 1.72. The molecule has 1 atom stereocenters. The normalized spacial score (nSPS) is 12.1. The molecule has 0 bridgehead atoms. The Hall–Kier alpha value is -1.62. The van der Waals surface area contributed by atoms with Crippen LogP contribution in [0.2, 0.25) is 0 Å². The Labute approximate surface area is 119 Å². The van der Waals surface area contributed by atoms with Crippen molar-refractivity contribution in [2.45, 2.75) is 32.7 Å². The van der Waals surface area contributed by atoms with E-state index in [0.717, 1.165) is 6.42 Å². The number of halogens is 1. The average molecular weight is 282 g/mol. The van der Waals surface area contributed by atoms with Crippen LogP contribution >= 0.6 is 0 Å². The van der Waals surface area contributed by atoms with Gasteiger partial charge in [0.2, 0.25) is 0 Å². The molecule has 1 rings (SSSR count). The van der Waals surface area contributed by atoms with Gasteiger partial charge < -0.3 is 15.4 Å². The van der Waals surface area contributed by atoms with E-state index in [2.05, 4.69) is 0 Å². The number of nitrogens with two attached hydrogens (primary N) is 1. The second-order valence-electron chi connectivity index (χ2n) is 4.80. The maximum atomic E-state index is 13.8. The van der Waals surface area contributed by atoms with Gasteiger partial charge in [-0.05, 0) is 31.4 Å². The average Bonchev–Trinajstić information content (AvgIpc) is 2.45. The summed E-state index contributed by atoms with van der Waals surface area (Å²) in [6.07, 6.45) is 1.33. The quantitative estimate of drug-likeness (QED) is 0.832. The van der Waals surface area contributed by atoms with Crippen LogP contribution in [0.4, 0.5) is 4.39 Å². The third kappa shape index (κ3) is 4.49. The lowest BCUT2D eigenvalue weighted by Gasteiger charge is -2.17. The number of para-hydroxylation sites is 1. The zero-order valence-electron chi connectivity index (χ0n) is 12.4. The number of carbonyl (C=O) groups excluding carboxylic acids is 1. The molecule has 2 N–H and O–H groups in total. The summed E-state index contributed by atoms with van der Waals surface area (Å²) in [7, 11) is 1.68. The fourth-order valence-electron chi connectivity index (χ4n) is 1.72. The van der Waals surface area contributed by atoms with Crippen molar-refractivity contribution < 1.29 is 13.9 Å². The summed E-state index contributed by atoms with van der Waals surface area (Å²) < 4.78 is 19.2. The van der Waals surface area contributed by atoms with Crippen LogP contribution in [0.3, 0.4) is 0 Å². The molecule has 5 heteroatoms. The van der Waals surface area contributed by atoms with E-state index in [9.17, 15) is 9.18 Å². The standard InChI is InChI=1S/C15H23FN2O2/c1-4-12(17)9-11-7-6-8-13(16)15(11)20-10-14(19)18(3)5-2/h6-8,12H,4-5,9-10,17H2,1-3H3. The van der Waals surface area contributed by atoms with Gasteiger partial charge in [0, 0.05) is 19.6 Å². The van der Waals surface area contributed by atoms with Crippen molar-refractivity contribution in [2.75, 3.05) is 20.2 Å². The number of carbonyl (C=O) groups is 1. The lowest BCUT2D eigenvalue weighted by Crippen LogP contribution is -2.31. The van der Waals surface area contributed by atoms with Crippen LogP contribution in [-0.4, -0.2) is 37.0 Å². The monoisotopic (exact) mass is 282 g/mol. The van der Waals surface area contributed by atoms with Crippen molar-refractivity contribution >= 4 is 5.91 Å². The second-order valence-corrected chi connectivity index (χ2v) is 4.80. The molecule has 0 heterocycles. The number of hydrogen-bond donors (Lipinski definition) is 1. The Bertz CT molecular complexity index is 451. The Morgan fingerprint density at radius 1 is 1.45 bits per heavy atom. The third-order valence-electron chi connectivity index (χ3n) is 3.30. The molecule has 1 aromatic carbocycles. The maximum Gasteiger partial charge on any atom is 0.260 e. The summed E-state index contributed by atoms with van der Waals surface area (Å²) in [6, 6.07) is 4.68. The van der Waals surface area contributed by atoms with Crippen LogP contribution in [0.1, 0.15) is 25.8 Å². The fraction of sp³-hybridized carbons (Fsp3) is 0.533. The molecule has 112 valence electrons. The van der Waals surface area contributed by atoms with E-state index in [1.807, 2.05) is 13.8 Å². The molecule has 0 aliphatic rings. The third-order valence-corrected chi connectivity index (χ3v) is 3.30. The van der Waals surface area contributed by atoms with E-state index < -0.39 is 5.82 Å². The molecule has 0 radical (unpaired) electrons. The van der Waals surface area contributed by atoms with Crippen LogP contribution in [0, 0.1) is 5.82 Å². The highest BCUT2D eigenvalue weighted by Crippen LogP contribution is 2.24. The minimum atomic E-state index is -0.460. The first kappa shape index (κ1) is 16.4. The zero-order valence-corrected chi connectivity index (χ0v) is 12.4. The maximum absolute atomic E-state index is 13.8. The number of ether oxygens (including phenoxy) is 1. The van der Waals surface area contributed by atoms with Gasteiger partial charge in [0.1, 0.15) is 0 Å². The summed E-state index contributed by atoms with van der Waals surface area (Å²) >= 11 is 0. The van der Waals surface area contributed by atoms with Crippen LogP contribution in [0.5, 0.6) is 5.75 Å². The molecule has 1 unspecified atom stereocenters. The molecule has 4 nitrogen and oxygen atoms in total. The lowest BCUT2D eigenvalue weighted by atomic mass is 10.0. The minimum Gasteiger partial charge on any atom is -0.480 e. The first-order valence-electron chi connectivity index (χ1n) is 6.89. The summed E-state index contributed by atoms with van der Waals surface area (Å²) in [5.41, 5.74) is 6.60. The van der Waals surface area contributed by atoms with E-state index >= 15 is 0 Å². The molecule has 0 aliphatic heterocycles. The first-order valence-corrected chi connectivity index (χ1v) is 6.89. The van der Waals surface area contributed by atoms with Gasteiger partial charge in [0.15, 0.2) is 18.2 Å². The van der Waals surface area contributed by atoms with Gasteiger partial charge in [-0.25, -0.2) is 4.39 Å². The number of likely N-dealkylation sites (N-methyl/N-ethyl adjacent to an activating group) is 1. The molecule has 0 spiro atoms. The van der Waals surface area contributed by atoms with E-state index in [1.54, 1.807) is 19.2 Å². The summed E-state index contributed by atoms with van der Waals surface area (Å²) in [5.74, 6) is -0.506. The van der Waals surface area contributed by atoms with Crippen molar-refractivity contribution in [1.82, 2.24) is 4.90 Å². The number of nitrogens with zero attached hydrogens (tertiary/aromatic N) is 1. The van der Waals surface area contributed by atoms with Gasteiger partial charge >= 0.3 is 0 Å². The van der Waals surface area contributed by atoms with Crippen LogP contribution in [-0.2, 0) is 11.2 Å². The summed E-state index contributed by atoms with van der Waals surface area (Å²) in [6.45, 7) is 4.27. The molecule has 0 fully saturated rings. The Morgan fingerprint density at radius 2 is 2.15 bits per heavy atom. The zero-order chi connectivity index (χ0) is 15.1. The number of rotatable bonds is 7. The predicted octanol–water partition coefficient (Wildman–Crippen LogP) is 1.96. The van der Waals surface area contributed by atoms with Gasteiger partial charge in [-0.3, -0.25) is 4.79 Å². The molecular formula is C15H23FN2O2. The van der Waals surface area contributed by atoms with Gasteiger partial charge in [-0.1, -0.05) is 19.1 Å². The van der Waals surface area contributed by atoms with Gasteiger partial charge in [0.05, 0.1) is 0 Å². The van der Waals surface area contributed by atoms with Crippen LogP contribution in [0.25, 0.3) is 0 Å². The molecule has 0 aliphatic carbocycles. The van der Waals surface area contributed by atoms with Gasteiger partial charge in [-0.15, -0.1) is 0 Å². The minimum absolute atomic E-state index is 0.0480. The number of hydrogen-bond acceptors (Lipinski definition) is 3. The molecule has 1 aromatic rings. The molecule has 0 saturated carbocycles. The molecule has 1 amide bonds. The van der Waals surface area contributed by atoms with Crippen LogP contribution in [0.15, 0.2) is 18.2 Å². The molecule has 20 heavy (non-hydrogen) atoms. The molecule has 0 aromatic heterocycles. The van der Waals surface area contributed by atoms with E-state index in [-0.39, 0.29) is 24.3 Å². The number of benzene rings is 1. The SMILES string of the molecule is CCC(N)Cc1cccc(F)c1OCC(=O)N(C)CC. The van der Waals surface area contributed by atoms with Crippen molar-refractivity contribution in [3.63, 3.8) is 0 Å². The van der Waals surface area contributed by atoms with Crippen molar-refractivity contribution in [3.8, 4) is 5.75 Å². The Balaban J connectivity index is 2.80. The van der Waals surface area contributed by atoms with Crippen LogP contribution < -0.4 is 10.5 Å². The first-order chi connectivity index (χ1) is 9.49. The molecule has 0 saturated heterocycles. The van der Waals surface area contributed by atoms with E-state index in [1.165, 1.54) is 11.0 Å². The van der Waals surface area contributed by atoms with Crippen molar-refractivity contribution in [2.24, 2.45) is 5.73 Å². The van der Waals surface area contributed by atoms with E-state index in [0.29, 0.717) is 18.5 Å². The second kappa shape index (κ2) is 7.85. The van der Waals surface area contributed by atoms with E-state index in [4.69, 9.17) is 10.5 Å². The highest BCUT2D eigenvalue weighted by Gasteiger charge is 2.15. The topological polar surface area (TPSA) is 55.6 Å². The summed E-state index contributed by atoms with van der Waals surface area (Å²) in [4.78, 5) is 13.2. The van der Waals surface area contributed by atoms with Gasteiger partial charge in [0.25, 0.3) is 5.91 Å². The highest BCUT2D eigenvalue weighted by molar-refractivity contribution is 5.77. The predicted molar refractivity (Wildman–Crippen MR) is 77.2 cm³/mol. The summed E-state index contributed by atoms with van der Waals surface area (Å²) in [5, 5.41) is 0. The van der Waals surface area contributed by atoms with Crippen molar-refractivity contribution in [1.29, 1.82) is 0 Å². The van der Waals surface area contributed by atoms with Gasteiger partial charge in [-0.2, -0.15) is 0 Å². The lowest BCUT2D eigenvalue weighted by molar-refractivity contribution is -0.131. The van der Waals surface area contributed by atoms with Crippen molar-refractivity contribution in [3.05, 3.63) is 29.6 Å². The smallest absolute Gasteiger partial charge is 0.260 e. The molecular weight excluding hydrogens is 259 g/mol.